The minimum atomic E-state index is -0.919. The van der Waals surface area contributed by atoms with Crippen LogP contribution in [0.3, 0.4) is 0 Å². The molecule has 1 saturated heterocycles. The highest BCUT2D eigenvalue weighted by Gasteiger charge is 2.18. The molecule has 0 unspecified atom stereocenters. The van der Waals surface area contributed by atoms with Gasteiger partial charge in [-0.15, -0.1) is 0 Å². The normalized spacial score (nSPS) is 20.0. The van der Waals surface area contributed by atoms with E-state index in [4.69, 9.17) is 10.8 Å². The fourth-order valence-corrected chi connectivity index (χ4v) is 2.88. The van der Waals surface area contributed by atoms with Crippen LogP contribution < -0.4 is 5.73 Å². The van der Waals surface area contributed by atoms with Gasteiger partial charge in [0.2, 0.25) is 5.91 Å². The summed E-state index contributed by atoms with van der Waals surface area (Å²) in [6.45, 7) is 4.90. The van der Waals surface area contributed by atoms with Crippen LogP contribution in [0, 0.1) is 0 Å². The number of carbonyl (C=O) groups is 4. The van der Waals surface area contributed by atoms with Crippen molar-refractivity contribution in [3.8, 4) is 0 Å². The quantitative estimate of drug-likeness (QED) is 0.434. The van der Waals surface area contributed by atoms with Crippen LogP contribution in [0.2, 0.25) is 0 Å². The molecule has 1 fully saturated rings. The summed E-state index contributed by atoms with van der Waals surface area (Å²) >= 11 is 0. The third-order valence-corrected chi connectivity index (χ3v) is 4.33. The molecule has 0 aromatic carbocycles. The van der Waals surface area contributed by atoms with Crippen LogP contribution in [0.5, 0.6) is 0 Å². The molecule has 1 heterocycles. The predicted molar refractivity (Wildman–Crippen MR) is 94.7 cm³/mol. The van der Waals surface area contributed by atoms with E-state index in [1.54, 1.807) is 4.90 Å². The third kappa shape index (κ3) is 9.56. The minimum Gasteiger partial charge on any atom is -0.480 e. The molecule has 0 aromatic rings. The third-order valence-electron chi connectivity index (χ3n) is 4.33. The zero-order valence-electron chi connectivity index (χ0n) is 15.1. The highest BCUT2D eigenvalue weighted by Crippen LogP contribution is 2.00. The van der Waals surface area contributed by atoms with Crippen molar-refractivity contribution < 1.29 is 24.3 Å². The van der Waals surface area contributed by atoms with Gasteiger partial charge in [0.25, 0.3) is 0 Å². The Labute approximate surface area is 153 Å². The van der Waals surface area contributed by atoms with Gasteiger partial charge < -0.3 is 20.4 Å². The van der Waals surface area contributed by atoms with Crippen molar-refractivity contribution in [3.05, 3.63) is 0 Å². The first-order valence-electron chi connectivity index (χ1n) is 8.71. The molecule has 0 atom stereocenters. The second-order valence-corrected chi connectivity index (χ2v) is 6.35. The Kier molecular flexibility index (Phi) is 10.6. The maximum atomic E-state index is 11.3. The molecule has 10 heteroatoms. The largest absolute Gasteiger partial charge is 0.480 e. The lowest BCUT2D eigenvalue weighted by atomic mass is 10.3. The molecule has 1 aliphatic rings. The number of nitrogens with zero attached hydrogens (tertiary/aromatic N) is 4. The topological polar surface area (TPSA) is 127 Å². The van der Waals surface area contributed by atoms with Crippen molar-refractivity contribution in [1.82, 2.24) is 19.6 Å². The summed E-state index contributed by atoms with van der Waals surface area (Å²) in [4.78, 5) is 51.7. The molecule has 0 aliphatic carbocycles. The maximum Gasteiger partial charge on any atom is 0.317 e. The zero-order valence-corrected chi connectivity index (χ0v) is 15.1. The van der Waals surface area contributed by atoms with Gasteiger partial charge in [-0.1, -0.05) is 0 Å². The fourth-order valence-electron chi connectivity index (χ4n) is 2.88. The van der Waals surface area contributed by atoms with E-state index in [9.17, 15) is 19.2 Å². The van der Waals surface area contributed by atoms with Crippen LogP contribution in [0.1, 0.15) is 0 Å². The highest BCUT2D eigenvalue weighted by molar-refractivity contribution is 5.75. The van der Waals surface area contributed by atoms with Crippen LogP contribution in [0.25, 0.3) is 0 Å². The molecule has 3 N–H and O–H groups in total. The SMILES string of the molecule is NC(=O)CN1CCN(CC=O)CCN(CC=O)CCN(CC(=O)O)CC1. The summed E-state index contributed by atoms with van der Waals surface area (Å²) in [5.41, 5.74) is 5.30. The Morgan fingerprint density at radius 3 is 1.38 bits per heavy atom. The lowest BCUT2D eigenvalue weighted by Gasteiger charge is -2.32. The molecule has 26 heavy (non-hydrogen) atoms. The van der Waals surface area contributed by atoms with Crippen molar-refractivity contribution in [2.75, 3.05) is 78.5 Å². The van der Waals surface area contributed by atoms with Crippen LogP contribution in [0.15, 0.2) is 0 Å². The summed E-state index contributed by atoms with van der Waals surface area (Å²) in [6, 6.07) is 0. The molecule has 0 bridgehead atoms. The Morgan fingerprint density at radius 2 is 1.08 bits per heavy atom. The first kappa shape index (κ1) is 22.2. The number of carboxylic acid groups (broad SMARTS) is 1. The predicted octanol–water partition coefficient (Wildman–Crippen LogP) is -2.82. The number of amides is 1. The second-order valence-electron chi connectivity index (χ2n) is 6.35. The Hall–Kier alpha value is -1.88. The molecule has 0 radical (unpaired) electrons. The minimum absolute atomic E-state index is 0.0904. The van der Waals surface area contributed by atoms with E-state index in [0.717, 1.165) is 12.6 Å². The molecule has 1 rings (SSSR count). The summed E-state index contributed by atoms with van der Waals surface area (Å²) in [5.74, 6) is -1.36. The highest BCUT2D eigenvalue weighted by atomic mass is 16.4. The summed E-state index contributed by atoms with van der Waals surface area (Å²) in [6.07, 6.45) is 1.66. The second kappa shape index (κ2) is 12.5. The van der Waals surface area contributed by atoms with Crippen LogP contribution in [0.4, 0.5) is 0 Å². The van der Waals surface area contributed by atoms with Crippen molar-refractivity contribution in [2.24, 2.45) is 5.73 Å². The van der Waals surface area contributed by atoms with Crippen LogP contribution in [-0.4, -0.2) is 128 Å². The Bertz CT molecular complexity index is 434. The van der Waals surface area contributed by atoms with Crippen LogP contribution in [-0.2, 0) is 19.2 Å². The lowest BCUT2D eigenvalue weighted by Crippen LogP contribution is -2.48. The number of primary amides is 1. The van der Waals surface area contributed by atoms with Crippen molar-refractivity contribution in [2.45, 2.75) is 0 Å². The van der Waals surface area contributed by atoms with Crippen LogP contribution >= 0.6 is 0 Å². The van der Waals surface area contributed by atoms with Gasteiger partial charge in [-0.2, -0.15) is 0 Å². The molecule has 148 valence electrons. The van der Waals surface area contributed by atoms with E-state index in [1.165, 1.54) is 0 Å². The summed E-state index contributed by atoms with van der Waals surface area (Å²) < 4.78 is 0. The number of carboxylic acids is 1. The van der Waals surface area contributed by atoms with Gasteiger partial charge in [0, 0.05) is 52.4 Å². The number of aldehydes is 2. The molecule has 0 spiro atoms. The average molecular weight is 371 g/mol. The average Bonchev–Trinajstić information content (AvgIpc) is 2.56. The number of aliphatic carboxylic acids is 1. The smallest absolute Gasteiger partial charge is 0.317 e. The molecule has 1 amide bonds. The standard InChI is InChI=1S/C16H29N5O5/c17-15(24)13-20-5-3-18(9-11-22)1-2-19(10-12-23)4-6-21(8-7-20)14-16(25)26/h11-12H,1-10,13-14H2,(H2,17,24)(H,25,26). The van der Waals surface area contributed by atoms with E-state index < -0.39 is 11.9 Å². The number of carbonyl (C=O) groups excluding carboxylic acids is 3. The van der Waals surface area contributed by atoms with Gasteiger partial charge in [0.1, 0.15) is 12.6 Å². The lowest BCUT2D eigenvalue weighted by molar-refractivity contribution is -0.138. The van der Waals surface area contributed by atoms with Gasteiger partial charge in [-0.25, -0.2) is 0 Å². The Morgan fingerprint density at radius 1 is 0.731 bits per heavy atom. The van der Waals surface area contributed by atoms with Crippen molar-refractivity contribution in [3.63, 3.8) is 0 Å². The van der Waals surface area contributed by atoms with E-state index in [2.05, 4.69) is 0 Å². The van der Waals surface area contributed by atoms with Crippen molar-refractivity contribution in [1.29, 1.82) is 0 Å². The Balaban J connectivity index is 2.82. The first-order valence-corrected chi connectivity index (χ1v) is 8.71. The molecule has 1 aliphatic heterocycles. The maximum absolute atomic E-state index is 11.3. The van der Waals surface area contributed by atoms with E-state index >= 15 is 0 Å². The van der Waals surface area contributed by atoms with Crippen molar-refractivity contribution >= 4 is 24.4 Å². The van der Waals surface area contributed by atoms with E-state index in [0.29, 0.717) is 52.4 Å². The van der Waals surface area contributed by atoms with Gasteiger partial charge >= 0.3 is 5.97 Å². The number of rotatable bonds is 8. The van der Waals surface area contributed by atoms with E-state index in [-0.39, 0.29) is 26.2 Å². The molecule has 0 aromatic heterocycles. The molecular formula is C16H29N5O5. The monoisotopic (exact) mass is 371 g/mol. The summed E-state index contributed by atoms with van der Waals surface area (Å²) in [5, 5.41) is 9.09. The van der Waals surface area contributed by atoms with Gasteiger partial charge in [-0.3, -0.25) is 29.2 Å². The van der Waals surface area contributed by atoms with Gasteiger partial charge in [0.05, 0.1) is 26.2 Å². The summed E-state index contributed by atoms with van der Waals surface area (Å²) in [7, 11) is 0. The zero-order chi connectivity index (χ0) is 19.4. The first-order chi connectivity index (χ1) is 12.4. The van der Waals surface area contributed by atoms with Gasteiger partial charge in [0.15, 0.2) is 0 Å². The molecular weight excluding hydrogens is 342 g/mol. The fraction of sp³-hybridized carbons (Fsp3) is 0.750. The van der Waals surface area contributed by atoms with E-state index in [1.807, 2.05) is 14.7 Å². The number of hydrogen-bond acceptors (Lipinski definition) is 8. The molecule has 0 saturated carbocycles. The molecule has 10 nitrogen and oxygen atoms in total. The van der Waals surface area contributed by atoms with Gasteiger partial charge in [-0.05, 0) is 0 Å². The number of nitrogens with two attached hydrogens (primary N) is 1. The number of hydrogen-bond donors (Lipinski definition) is 2.